The van der Waals surface area contributed by atoms with Crippen LogP contribution in [0.15, 0.2) is 89.1 Å². The summed E-state index contributed by atoms with van der Waals surface area (Å²) in [6.45, 7) is 11.4. The molecule has 0 aromatic heterocycles. The number of benzene rings is 1. The van der Waals surface area contributed by atoms with E-state index in [4.69, 9.17) is 4.74 Å². The fourth-order valence-electron chi connectivity index (χ4n) is 3.78. The second-order valence-electron chi connectivity index (χ2n) is 8.83. The van der Waals surface area contributed by atoms with E-state index < -0.39 is 0 Å². The Kier molecular flexibility index (Phi) is 9.11. The van der Waals surface area contributed by atoms with Crippen molar-refractivity contribution in [2.24, 2.45) is 5.41 Å². The predicted molar refractivity (Wildman–Crippen MR) is 127 cm³/mol. The first-order valence-electron chi connectivity index (χ1n) is 10.9. The Morgan fingerprint density at radius 3 is 2.53 bits per heavy atom. The van der Waals surface area contributed by atoms with Gasteiger partial charge in [0.05, 0.1) is 6.42 Å². The van der Waals surface area contributed by atoms with Crippen molar-refractivity contribution < 1.29 is 9.53 Å². The van der Waals surface area contributed by atoms with Crippen molar-refractivity contribution in [2.45, 2.75) is 60.3 Å². The fraction of sp³-hybridized carbons (Fsp3) is 0.393. The molecule has 0 heterocycles. The Bertz CT molecular complexity index is 861. The van der Waals surface area contributed by atoms with Gasteiger partial charge in [0, 0.05) is 0 Å². The van der Waals surface area contributed by atoms with Crippen LogP contribution in [0.1, 0.15) is 59.4 Å². The number of ether oxygens (including phenoxy) is 1. The zero-order valence-corrected chi connectivity index (χ0v) is 19.2. The molecule has 0 radical (unpaired) electrons. The van der Waals surface area contributed by atoms with E-state index in [0.29, 0.717) is 13.0 Å². The number of hydrogen-bond acceptors (Lipinski definition) is 2. The Morgan fingerprint density at radius 1 is 1.10 bits per heavy atom. The van der Waals surface area contributed by atoms with Gasteiger partial charge in [-0.25, -0.2) is 0 Å². The van der Waals surface area contributed by atoms with Crippen molar-refractivity contribution in [3.8, 4) is 0 Å². The maximum absolute atomic E-state index is 11.9. The summed E-state index contributed by atoms with van der Waals surface area (Å²) in [6, 6.07) is 9.66. The summed E-state index contributed by atoms with van der Waals surface area (Å²) >= 11 is 0. The molecule has 0 saturated carbocycles. The molecule has 2 heteroatoms. The zero-order chi connectivity index (χ0) is 22.0. The molecule has 1 aromatic carbocycles. The van der Waals surface area contributed by atoms with Crippen LogP contribution >= 0.6 is 0 Å². The second-order valence-corrected chi connectivity index (χ2v) is 8.83. The van der Waals surface area contributed by atoms with Crippen molar-refractivity contribution in [3.63, 3.8) is 0 Å². The first kappa shape index (κ1) is 23.7. The topological polar surface area (TPSA) is 26.3 Å². The maximum Gasteiger partial charge on any atom is 0.310 e. The highest BCUT2D eigenvalue weighted by molar-refractivity contribution is 5.72. The van der Waals surface area contributed by atoms with Crippen molar-refractivity contribution in [1.82, 2.24) is 0 Å². The van der Waals surface area contributed by atoms with Crippen molar-refractivity contribution in [3.05, 3.63) is 94.6 Å². The number of rotatable bonds is 8. The van der Waals surface area contributed by atoms with Crippen LogP contribution in [0.3, 0.4) is 0 Å². The van der Waals surface area contributed by atoms with Crippen LogP contribution in [0, 0.1) is 5.41 Å². The minimum Gasteiger partial charge on any atom is -0.461 e. The molecular weight excluding hydrogens is 368 g/mol. The monoisotopic (exact) mass is 404 g/mol. The molecule has 160 valence electrons. The minimum atomic E-state index is -0.203. The van der Waals surface area contributed by atoms with Gasteiger partial charge >= 0.3 is 5.97 Å². The molecule has 0 atom stereocenters. The normalized spacial score (nSPS) is 17.8. The van der Waals surface area contributed by atoms with E-state index in [-0.39, 0.29) is 11.4 Å². The van der Waals surface area contributed by atoms with Crippen LogP contribution in [-0.4, -0.2) is 12.6 Å². The van der Waals surface area contributed by atoms with E-state index in [1.165, 1.54) is 36.0 Å². The summed E-state index contributed by atoms with van der Waals surface area (Å²) in [5, 5.41) is 0. The Hall–Kier alpha value is -2.61. The molecule has 2 rings (SSSR count). The smallest absolute Gasteiger partial charge is 0.310 e. The summed E-state index contributed by atoms with van der Waals surface area (Å²) in [5.41, 5.74) is 6.54. The summed E-state index contributed by atoms with van der Waals surface area (Å²) in [4.78, 5) is 11.9. The zero-order valence-electron chi connectivity index (χ0n) is 19.2. The summed E-state index contributed by atoms with van der Waals surface area (Å²) in [5.74, 6) is -0.203. The molecule has 1 aliphatic carbocycles. The quantitative estimate of drug-likeness (QED) is 0.335. The molecule has 0 amide bonds. The third kappa shape index (κ3) is 8.02. The van der Waals surface area contributed by atoms with Crippen molar-refractivity contribution in [1.29, 1.82) is 0 Å². The molecular formula is C28H36O2. The van der Waals surface area contributed by atoms with E-state index in [0.717, 1.165) is 11.1 Å². The first-order valence-corrected chi connectivity index (χ1v) is 10.9. The number of hydrogen-bond donors (Lipinski definition) is 0. The van der Waals surface area contributed by atoms with Gasteiger partial charge in [-0.3, -0.25) is 4.79 Å². The van der Waals surface area contributed by atoms with Crippen molar-refractivity contribution >= 4 is 5.97 Å². The van der Waals surface area contributed by atoms with Gasteiger partial charge in [-0.2, -0.15) is 0 Å². The van der Waals surface area contributed by atoms with E-state index in [9.17, 15) is 4.79 Å². The van der Waals surface area contributed by atoms with Gasteiger partial charge in [0.1, 0.15) is 6.61 Å². The highest BCUT2D eigenvalue weighted by Gasteiger charge is 2.26. The minimum absolute atomic E-state index is 0.203. The van der Waals surface area contributed by atoms with Crippen molar-refractivity contribution in [2.75, 3.05) is 6.61 Å². The van der Waals surface area contributed by atoms with E-state index >= 15 is 0 Å². The molecule has 0 bridgehead atoms. The average molecular weight is 405 g/mol. The number of carbonyl (C=O) groups excluding carboxylic acids is 1. The molecule has 1 aromatic rings. The lowest BCUT2D eigenvalue weighted by Crippen LogP contribution is -2.19. The molecule has 2 nitrogen and oxygen atoms in total. The van der Waals surface area contributed by atoms with Crippen LogP contribution in [0.4, 0.5) is 0 Å². The molecule has 0 fully saturated rings. The lowest BCUT2D eigenvalue weighted by Gasteiger charge is -2.32. The summed E-state index contributed by atoms with van der Waals surface area (Å²) in [6.07, 6.45) is 16.7. The predicted octanol–water partition coefficient (Wildman–Crippen LogP) is 7.30. The number of allylic oxidation sites excluding steroid dienone is 9. The first-order chi connectivity index (χ1) is 14.3. The fourth-order valence-corrected chi connectivity index (χ4v) is 3.78. The van der Waals surface area contributed by atoms with Crippen LogP contribution < -0.4 is 0 Å². The van der Waals surface area contributed by atoms with Crippen LogP contribution in [0.2, 0.25) is 0 Å². The molecule has 1 aliphatic rings. The number of carbonyl (C=O) groups is 1. The lowest BCUT2D eigenvalue weighted by molar-refractivity contribution is -0.141. The van der Waals surface area contributed by atoms with Crippen LogP contribution in [0.5, 0.6) is 0 Å². The Morgan fingerprint density at radius 2 is 1.83 bits per heavy atom. The van der Waals surface area contributed by atoms with E-state index in [1.807, 2.05) is 55.5 Å². The SMILES string of the molecule is CC(C=CC1=C(C)CCCC1(C)C)=CC=CC(C)=CCOC(=O)Cc1ccccc1. The summed E-state index contributed by atoms with van der Waals surface area (Å²) in [7, 11) is 0. The van der Waals surface area contributed by atoms with Gasteiger partial charge < -0.3 is 4.74 Å². The summed E-state index contributed by atoms with van der Waals surface area (Å²) < 4.78 is 5.30. The molecule has 0 unspecified atom stereocenters. The number of esters is 1. The molecule has 0 spiro atoms. The van der Waals surface area contributed by atoms with Gasteiger partial charge in [-0.05, 0) is 62.7 Å². The highest BCUT2D eigenvalue weighted by atomic mass is 16.5. The standard InChI is InChI=1S/C28H36O2/c1-22(16-17-26-24(3)13-10-19-28(26,4)5)11-9-12-23(2)18-20-30-27(29)21-25-14-7-6-8-15-25/h6-9,11-12,14-18H,10,13,19-21H2,1-5H3. The maximum atomic E-state index is 11.9. The third-order valence-corrected chi connectivity index (χ3v) is 5.61. The van der Waals surface area contributed by atoms with Gasteiger partial charge in [-0.1, -0.05) is 91.3 Å². The van der Waals surface area contributed by atoms with E-state index in [1.54, 1.807) is 0 Å². The highest BCUT2D eigenvalue weighted by Crippen LogP contribution is 2.40. The van der Waals surface area contributed by atoms with Gasteiger partial charge in [-0.15, -0.1) is 0 Å². The van der Waals surface area contributed by atoms with E-state index in [2.05, 4.69) is 45.9 Å². The second kappa shape index (κ2) is 11.5. The van der Waals surface area contributed by atoms with Gasteiger partial charge in [0.15, 0.2) is 0 Å². The average Bonchev–Trinajstić information content (AvgIpc) is 2.68. The van der Waals surface area contributed by atoms with Gasteiger partial charge in [0.25, 0.3) is 0 Å². The third-order valence-electron chi connectivity index (χ3n) is 5.61. The molecule has 0 aliphatic heterocycles. The Labute approximate surface area is 182 Å². The van der Waals surface area contributed by atoms with Crippen LogP contribution in [-0.2, 0) is 16.0 Å². The van der Waals surface area contributed by atoms with Crippen LogP contribution in [0.25, 0.3) is 0 Å². The Balaban J connectivity index is 1.82. The largest absolute Gasteiger partial charge is 0.461 e. The molecule has 0 N–H and O–H groups in total. The molecule has 30 heavy (non-hydrogen) atoms. The lowest BCUT2D eigenvalue weighted by atomic mass is 9.72. The van der Waals surface area contributed by atoms with Gasteiger partial charge in [0.2, 0.25) is 0 Å². The molecule has 0 saturated heterocycles.